The van der Waals surface area contributed by atoms with Crippen LogP contribution in [0, 0.1) is 6.92 Å². The standard InChI is InChI=1S/C14H13N5O2/c1-10-13(14(20)21)16-17-19(10)9-11-3-5-12(6-4-11)18-8-2-7-15-18/h2-8H,9H2,1H3,(H,20,21). The molecule has 0 unspecified atom stereocenters. The Morgan fingerprint density at radius 2 is 2.05 bits per heavy atom. The molecule has 0 amide bonds. The van der Waals surface area contributed by atoms with Crippen LogP contribution in [-0.4, -0.2) is 35.9 Å². The van der Waals surface area contributed by atoms with Crippen LogP contribution in [0.2, 0.25) is 0 Å². The molecule has 0 aliphatic carbocycles. The third kappa shape index (κ3) is 2.53. The summed E-state index contributed by atoms with van der Waals surface area (Å²) in [4.78, 5) is 10.9. The van der Waals surface area contributed by atoms with Gasteiger partial charge >= 0.3 is 5.97 Å². The first-order chi connectivity index (χ1) is 10.1. The third-order valence-corrected chi connectivity index (χ3v) is 3.22. The maximum Gasteiger partial charge on any atom is 0.358 e. The summed E-state index contributed by atoms with van der Waals surface area (Å²) < 4.78 is 3.35. The van der Waals surface area contributed by atoms with Crippen LogP contribution in [0.1, 0.15) is 21.7 Å². The van der Waals surface area contributed by atoms with Crippen LogP contribution in [0.15, 0.2) is 42.7 Å². The first-order valence-electron chi connectivity index (χ1n) is 6.37. The Labute approximate surface area is 120 Å². The molecule has 21 heavy (non-hydrogen) atoms. The van der Waals surface area contributed by atoms with Gasteiger partial charge in [-0.05, 0) is 30.7 Å². The fourth-order valence-corrected chi connectivity index (χ4v) is 2.06. The Morgan fingerprint density at radius 3 is 2.62 bits per heavy atom. The molecule has 0 aliphatic rings. The Morgan fingerprint density at radius 1 is 1.29 bits per heavy atom. The van der Waals surface area contributed by atoms with Gasteiger partial charge in [-0.3, -0.25) is 0 Å². The fraction of sp³-hybridized carbons (Fsp3) is 0.143. The zero-order chi connectivity index (χ0) is 14.8. The normalized spacial score (nSPS) is 10.7. The summed E-state index contributed by atoms with van der Waals surface area (Å²) in [5.74, 6) is -1.06. The van der Waals surface area contributed by atoms with Crippen LogP contribution in [0.4, 0.5) is 0 Å². The van der Waals surface area contributed by atoms with Crippen LogP contribution in [0.5, 0.6) is 0 Å². The lowest BCUT2D eigenvalue weighted by Gasteiger charge is -2.05. The van der Waals surface area contributed by atoms with Crippen molar-refractivity contribution < 1.29 is 9.90 Å². The number of nitrogens with zero attached hydrogens (tertiary/aromatic N) is 5. The molecular formula is C14H13N5O2. The lowest BCUT2D eigenvalue weighted by atomic mass is 10.2. The van der Waals surface area contributed by atoms with Crippen LogP contribution in [0.3, 0.4) is 0 Å². The summed E-state index contributed by atoms with van der Waals surface area (Å²) in [6, 6.07) is 9.68. The van der Waals surface area contributed by atoms with Gasteiger partial charge in [0, 0.05) is 12.4 Å². The highest BCUT2D eigenvalue weighted by Gasteiger charge is 2.14. The maximum absolute atomic E-state index is 10.9. The molecule has 0 saturated carbocycles. The van der Waals surface area contributed by atoms with Gasteiger partial charge in [0.2, 0.25) is 0 Å². The molecule has 7 heteroatoms. The molecular weight excluding hydrogens is 270 g/mol. The van der Waals surface area contributed by atoms with Gasteiger partial charge in [-0.25, -0.2) is 14.2 Å². The summed E-state index contributed by atoms with van der Waals surface area (Å²) >= 11 is 0. The molecule has 3 aromatic rings. The molecule has 0 bridgehead atoms. The zero-order valence-corrected chi connectivity index (χ0v) is 11.3. The highest BCUT2D eigenvalue weighted by Crippen LogP contribution is 2.11. The van der Waals surface area contributed by atoms with Crippen molar-refractivity contribution in [3.8, 4) is 5.69 Å². The van der Waals surface area contributed by atoms with Gasteiger partial charge < -0.3 is 5.11 Å². The van der Waals surface area contributed by atoms with Crippen LogP contribution in [0.25, 0.3) is 5.69 Å². The van der Waals surface area contributed by atoms with Crippen molar-refractivity contribution in [3.63, 3.8) is 0 Å². The number of hydrogen-bond donors (Lipinski definition) is 1. The lowest BCUT2D eigenvalue weighted by molar-refractivity contribution is 0.0689. The molecule has 7 nitrogen and oxygen atoms in total. The fourth-order valence-electron chi connectivity index (χ4n) is 2.06. The van der Waals surface area contributed by atoms with Crippen molar-refractivity contribution in [1.29, 1.82) is 0 Å². The molecule has 0 spiro atoms. The molecule has 2 aromatic heterocycles. The minimum atomic E-state index is -1.06. The number of carboxylic acids is 1. The van der Waals surface area contributed by atoms with Crippen molar-refractivity contribution in [2.24, 2.45) is 0 Å². The van der Waals surface area contributed by atoms with Gasteiger partial charge in [-0.1, -0.05) is 17.3 Å². The third-order valence-electron chi connectivity index (χ3n) is 3.22. The topological polar surface area (TPSA) is 85.8 Å². The quantitative estimate of drug-likeness (QED) is 0.784. The maximum atomic E-state index is 10.9. The Kier molecular flexibility index (Phi) is 3.23. The largest absolute Gasteiger partial charge is 0.476 e. The van der Waals surface area contributed by atoms with Crippen LogP contribution in [-0.2, 0) is 6.54 Å². The zero-order valence-electron chi connectivity index (χ0n) is 11.3. The number of hydrogen-bond acceptors (Lipinski definition) is 4. The molecule has 0 saturated heterocycles. The van der Waals surface area contributed by atoms with Crippen molar-refractivity contribution >= 4 is 5.97 Å². The SMILES string of the molecule is Cc1c(C(=O)O)nnn1Cc1ccc(-n2cccn2)cc1. The number of aromatic carboxylic acids is 1. The second kappa shape index (κ2) is 5.20. The monoisotopic (exact) mass is 283 g/mol. The summed E-state index contributed by atoms with van der Waals surface area (Å²) in [6.07, 6.45) is 3.59. The van der Waals surface area contributed by atoms with E-state index in [1.165, 1.54) is 0 Å². The highest BCUT2D eigenvalue weighted by molar-refractivity contribution is 5.86. The first-order valence-corrected chi connectivity index (χ1v) is 6.37. The molecule has 2 heterocycles. The minimum absolute atomic E-state index is 0.0110. The molecule has 106 valence electrons. The van der Waals surface area contributed by atoms with E-state index in [0.717, 1.165) is 11.3 Å². The molecule has 3 rings (SSSR count). The van der Waals surface area contributed by atoms with E-state index in [2.05, 4.69) is 15.4 Å². The summed E-state index contributed by atoms with van der Waals surface area (Å²) in [5, 5.41) is 20.7. The second-order valence-electron chi connectivity index (χ2n) is 4.60. The van der Waals surface area contributed by atoms with Crippen molar-refractivity contribution in [3.05, 3.63) is 59.7 Å². The van der Waals surface area contributed by atoms with Gasteiger partial charge in [0.1, 0.15) is 0 Å². The number of aromatic nitrogens is 5. The Balaban J connectivity index is 1.81. The minimum Gasteiger partial charge on any atom is -0.476 e. The average molecular weight is 283 g/mol. The molecule has 1 aromatic carbocycles. The van der Waals surface area contributed by atoms with Crippen molar-refractivity contribution in [1.82, 2.24) is 24.8 Å². The van der Waals surface area contributed by atoms with E-state index < -0.39 is 5.97 Å². The van der Waals surface area contributed by atoms with Gasteiger partial charge in [0.05, 0.1) is 17.9 Å². The average Bonchev–Trinajstić information content (AvgIpc) is 3.11. The van der Waals surface area contributed by atoms with E-state index in [-0.39, 0.29) is 5.69 Å². The van der Waals surface area contributed by atoms with Crippen molar-refractivity contribution in [2.75, 3.05) is 0 Å². The van der Waals surface area contributed by atoms with Crippen LogP contribution >= 0.6 is 0 Å². The van der Waals surface area contributed by atoms with Crippen molar-refractivity contribution in [2.45, 2.75) is 13.5 Å². The lowest BCUT2D eigenvalue weighted by Crippen LogP contribution is -2.06. The van der Waals surface area contributed by atoms with E-state index in [0.29, 0.717) is 12.2 Å². The number of carboxylic acid groups (broad SMARTS) is 1. The molecule has 0 radical (unpaired) electrons. The van der Waals surface area contributed by atoms with E-state index >= 15 is 0 Å². The molecule has 1 N–H and O–H groups in total. The van der Waals surface area contributed by atoms with E-state index in [1.54, 1.807) is 22.5 Å². The summed E-state index contributed by atoms with van der Waals surface area (Å²) in [7, 11) is 0. The van der Waals surface area contributed by atoms with Gasteiger partial charge in [-0.2, -0.15) is 5.10 Å². The molecule has 0 atom stereocenters. The predicted octanol–water partition coefficient (Wildman–Crippen LogP) is 1.52. The Bertz CT molecular complexity index is 759. The first kappa shape index (κ1) is 13.0. The molecule has 0 fully saturated rings. The number of benzene rings is 1. The predicted molar refractivity (Wildman–Crippen MR) is 74.4 cm³/mol. The molecule has 0 aliphatic heterocycles. The number of rotatable bonds is 4. The van der Waals surface area contributed by atoms with Gasteiger partial charge in [-0.15, -0.1) is 5.10 Å². The second-order valence-corrected chi connectivity index (χ2v) is 4.60. The summed E-state index contributed by atoms with van der Waals surface area (Å²) in [6.45, 7) is 2.17. The highest BCUT2D eigenvalue weighted by atomic mass is 16.4. The van der Waals surface area contributed by atoms with Gasteiger partial charge in [0.25, 0.3) is 0 Å². The number of carbonyl (C=O) groups is 1. The van der Waals surface area contributed by atoms with Gasteiger partial charge in [0.15, 0.2) is 5.69 Å². The van der Waals surface area contributed by atoms with E-state index in [4.69, 9.17) is 5.11 Å². The van der Waals surface area contributed by atoms with E-state index in [9.17, 15) is 4.79 Å². The Hall–Kier alpha value is -2.96. The van der Waals surface area contributed by atoms with Crippen LogP contribution < -0.4 is 0 Å². The van der Waals surface area contributed by atoms with E-state index in [1.807, 2.05) is 36.5 Å². The smallest absolute Gasteiger partial charge is 0.358 e. The summed E-state index contributed by atoms with van der Waals surface area (Å²) in [5.41, 5.74) is 2.50.